The summed E-state index contributed by atoms with van der Waals surface area (Å²) < 4.78 is 0. The normalized spacial score (nSPS) is 11.7. The maximum absolute atomic E-state index is 13.1. The van der Waals surface area contributed by atoms with Crippen LogP contribution in [0.5, 0.6) is 0 Å². The van der Waals surface area contributed by atoms with Crippen molar-refractivity contribution in [3.8, 4) is 0 Å². The van der Waals surface area contributed by atoms with E-state index < -0.39 is 6.04 Å². The zero-order valence-corrected chi connectivity index (χ0v) is 17.4. The Morgan fingerprint density at radius 3 is 2.36 bits per heavy atom. The second-order valence-electron chi connectivity index (χ2n) is 6.81. The van der Waals surface area contributed by atoms with E-state index in [-0.39, 0.29) is 11.8 Å². The van der Waals surface area contributed by atoms with Crippen LogP contribution < -0.4 is 5.32 Å². The minimum atomic E-state index is -0.508. The number of nitrogens with one attached hydrogen (secondary N) is 1. The summed E-state index contributed by atoms with van der Waals surface area (Å²) in [7, 11) is 0. The molecule has 0 aliphatic carbocycles. The molecule has 0 unspecified atom stereocenters. The van der Waals surface area contributed by atoms with Gasteiger partial charge in [-0.25, -0.2) is 0 Å². The van der Waals surface area contributed by atoms with Crippen molar-refractivity contribution in [3.05, 3.63) is 70.7 Å². The molecule has 2 amide bonds. The smallest absolute Gasteiger partial charge is 0.242 e. The van der Waals surface area contributed by atoms with Gasteiger partial charge in [0.1, 0.15) is 6.04 Å². The molecule has 0 aromatic heterocycles. The van der Waals surface area contributed by atoms with Crippen LogP contribution in [0.4, 0.5) is 0 Å². The molecule has 0 spiro atoms. The summed E-state index contributed by atoms with van der Waals surface area (Å²) in [6, 6.07) is 16.9. The Kier molecular flexibility index (Phi) is 9.02. The predicted octanol–water partition coefficient (Wildman–Crippen LogP) is 4.61. The molecular formula is C23H29ClN2O2. The van der Waals surface area contributed by atoms with Crippen LogP contribution in [0, 0.1) is 0 Å². The van der Waals surface area contributed by atoms with Crippen molar-refractivity contribution in [2.75, 3.05) is 6.54 Å². The van der Waals surface area contributed by atoms with Crippen molar-refractivity contribution >= 4 is 23.4 Å². The second kappa shape index (κ2) is 11.5. The van der Waals surface area contributed by atoms with Gasteiger partial charge in [-0.2, -0.15) is 0 Å². The molecule has 0 saturated heterocycles. The Bertz CT molecular complexity index is 764. The first kappa shape index (κ1) is 22.0. The van der Waals surface area contributed by atoms with Gasteiger partial charge in [0.25, 0.3) is 0 Å². The van der Waals surface area contributed by atoms with Crippen LogP contribution in [0.3, 0.4) is 0 Å². The van der Waals surface area contributed by atoms with E-state index in [4.69, 9.17) is 11.6 Å². The van der Waals surface area contributed by atoms with Crippen LogP contribution in [0.25, 0.3) is 0 Å². The Balaban J connectivity index is 2.19. The highest BCUT2D eigenvalue weighted by atomic mass is 35.5. The minimum absolute atomic E-state index is 0.0396. The van der Waals surface area contributed by atoms with Crippen LogP contribution in [0.2, 0.25) is 5.02 Å². The van der Waals surface area contributed by atoms with Crippen LogP contribution in [-0.2, 0) is 22.6 Å². The zero-order chi connectivity index (χ0) is 20.4. The molecule has 2 rings (SSSR count). The average Bonchev–Trinajstić information content (AvgIpc) is 2.72. The minimum Gasteiger partial charge on any atom is -0.354 e. The molecule has 0 heterocycles. The van der Waals surface area contributed by atoms with Gasteiger partial charge in [-0.3, -0.25) is 9.59 Å². The summed E-state index contributed by atoms with van der Waals surface area (Å²) in [5.41, 5.74) is 1.95. The lowest BCUT2D eigenvalue weighted by atomic mass is 10.1. The number of aryl methyl sites for hydroxylation is 1. The van der Waals surface area contributed by atoms with Gasteiger partial charge in [-0.1, -0.05) is 74.0 Å². The highest BCUT2D eigenvalue weighted by molar-refractivity contribution is 6.31. The third-order valence-electron chi connectivity index (χ3n) is 4.70. The number of rotatable bonds is 10. The second-order valence-corrected chi connectivity index (χ2v) is 7.22. The van der Waals surface area contributed by atoms with E-state index in [1.54, 1.807) is 4.90 Å². The lowest BCUT2D eigenvalue weighted by molar-refractivity contribution is -0.141. The van der Waals surface area contributed by atoms with E-state index in [0.717, 1.165) is 17.5 Å². The Labute approximate surface area is 172 Å². The fourth-order valence-corrected chi connectivity index (χ4v) is 3.33. The van der Waals surface area contributed by atoms with Crippen molar-refractivity contribution in [1.82, 2.24) is 10.2 Å². The number of amides is 2. The average molecular weight is 401 g/mol. The van der Waals surface area contributed by atoms with E-state index in [2.05, 4.69) is 5.32 Å². The highest BCUT2D eigenvalue weighted by Crippen LogP contribution is 2.20. The molecule has 2 aromatic carbocycles. The van der Waals surface area contributed by atoms with Crippen molar-refractivity contribution in [3.63, 3.8) is 0 Å². The molecule has 4 nitrogen and oxygen atoms in total. The van der Waals surface area contributed by atoms with Crippen LogP contribution >= 0.6 is 11.6 Å². The number of benzene rings is 2. The summed E-state index contributed by atoms with van der Waals surface area (Å²) in [5.74, 6) is -0.147. The molecule has 28 heavy (non-hydrogen) atoms. The van der Waals surface area contributed by atoms with Gasteiger partial charge >= 0.3 is 0 Å². The van der Waals surface area contributed by atoms with E-state index in [1.165, 1.54) is 0 Å². The Morgan fingerprint density at radius 2 is 1.71 bits per heavy atom. The van der Waals surface area contributed by atoms with Gasteiger partial charge in [0, 0.05) is 24.5 Å². The molecule has 2 aromatic rings. The summed E-state index contributed by atoms with van der Waals surface area (Å²) in [4.78, 5) is 27.5. The quantitative estimate of drug-likeness (QED) is 0.633. The van der Waals surface area contributed by atoms with Crippen molar-refractivity contribution in [2.45, 2.75) is 52.1 Å². The first-order valence-corrected chi connectivity index (χ1v) is 10.3. The third kappa shape index (κ3) is 6.38. The topological polar surface area (TPSA) is 49.4 Å². The van der Waals surface area contributed by atoms with Crippen molar-refractivity contribution in [2.24, 2.45) is 0 Å². The van der Waals surface area contributed by atoms with Crippen LogP contribution in [0.1, 0.15) is 44.2 Å². The molecular weight excluding hydrogens is 372 g/mol. The van der Waals surface area contributed by atoms with E-state index in [1.807, 2.05) is 68.4 Å². The number of halogens is 1. The number of hydrogen-bond donors (Lipinski definition) is 1. The van der Waals surface area contributed by atoms with Gasteiger partial charge < -0.3 is 10.2 Å². The molecule has 0 saturated carbocycles. The van der Waals surface area contributed by atoms with E-state index in [9.17, 15) is 9.59 Å². The van der Waals surface area contributed by atoms with Gasteiger partial charge in [0.05, 0.1) is 0 Å². The first-order valence-electron chi connectivity index (χ1n) is 9.91. The summed E-state index contributed by atoms with van der Waals surface area (Å²) in [6.07, 6.45) is 2.41. The van der Waals surface area contributed by atoms with Crippen LogP contribution in [0.15, 0.2) is 54.6 Å². The predicted molar refractivity (Wildman–Crippen MR) is 114 cm³/mol. The van der Waals surface area contributed by atoms with Gasteiger partial charge in [0.15, 0.2) is 0 Å². The molecule has 150 valence electrons. The number of carbonyl (C=O) groups excluding carboxylic acids is 2. The molecule has 1 atom stereocenters. The van der Waals surface area contributed by atoms with Gasteiger partial charge in [-0.05, 0) is 36.5 Å². The summed E-state index contributed by atoms with van der Waals surface area (Å²) in [5, 5.41) is 3.53. The number of nitrogens with zero attached hydrogens (tertiary/aromatic N) is 1. The number of carbonyl (C=O) groups is 2. The Hall–Kier alpha value is -2.33. The largest absolute Gasteiger partial charge is 0.354 e. The molecule has 0 aliphatic heterocycles. The van der Waals surface area contributed by atoms with Crippen LogP contribution in [-0.4, -0.2) is 29.3 Å². The molecule has 0 fully saturated rings. The maximum Gasteiger partial charge on any atom is 0.242 e. The molecule has 0 aliphatic rings. The SMILES string of the molecule is CCCNC(=O)[C@H](CC)N(Cc1ccccc1Cl)C(=O)CCc1ccccc1. The third-order valence-corrected chi connectivity index (χ3v) is 5.07. The van der Waals surface area contributed by atoms with Gasteiger partial charge in [-0.15, -0.1) is 0 Å². The lowest BCUT2D eigenvalue weighted by Crippen LogP contribution is -2.49. The first-order chi connectivity index (χ1) is 13.6. The zero-order valence-electron chi connectivity index (χ0n) is 16.7. The lowest BCUT2D eigenvalue weighted by Gasteiger charge is -2.31. The molecule has 1 N–H and O–H groups in total. The molecule has 0 bridgehead atoms. The van der Waals surface area contributed by atoms with Crippen molar-refractivity contribution in [1.29, 1.82) is 0 Å². The molecule has 0 radical (unpaired) electrons. The maximum atomic E-state index is 13.1. The standard InChI is InChI=1S/C23H29ClN2O2/c1-3-16-25-23(28)21(4-2)26(17-19-12-8-9-13-20(19)24)22(27)15-14-18-10-6-5-7-11-18/h5-13,21H,3-4,14-17H2,1-2H3,(H,25,28)/t21-/m0/s1. The van der Waals surface area contributed by atoms with Crippen molar-refractivity contribution < 1.29 is 9.59 Å². The fraction of sp³-hybridized carbons (Fsp3) is 0.391. The van der Waals surface area contributed by atoms with E-state index in [0.29, 0.717) is 37.4 Å². The highest BCUT2D eigenvalue weighted by Gasteiger charge is 2.28. The summed E-state index contributed by atoms with van der Waals surface area (Å²) in [6.45, 7) is 4.87. The number of hydrogen-bond acceptors (Lipinski definition) is 2. The summed E-state index contributed by atoms with van der Waals surface area (Å²) >= 11 is 6.32. The van der Waals surface area contributed by atoms with E-state index >= 15 is 0 Å². The Morgan fingerprint density at radius 1 is 1.04 bits per heavy atom. The fourth-order valence-electron chi connectivity index (χ4n) is 3.14. The monoisotopic (exact) mass is 400 g/mol. The van der Waals surface area contributed by atoms with Gasteiger partial charge in [0.2, 0.25) is 11.8 Å². The molecule has 5 heteroatoms.